The number of hydrogen-bond acceptors (Lipinski definition) is 3. The average Bonchev–Trinajstić information content (AvgIpc) is 2.32. The van der Waals surface area contributed by atoms with Gasteiger partial charge in [0.25, 0.3) is 0 Å². The first kappa shape index (κ1) is 14.5. The maximum atomic E-state index is 5.80. The van der Waals surface area contributed by atoms with Crippen LogP contribution in [0.25, 0.3) is 0 Å². The van der Waals surface area contributed by atoms with Gasteiger partial charge in [-0.25, -0.2) is 4.98 Å². The van der Waals surface area contributed by atoms with E-state index in [-0.39, 0.29) is 0 Å². The lowest BCUT2D eigenvalue weighted by Crippen LogP contribution is -1.98. The third kappa shape index (κ3) is 4.01. The zero-order valence-electron chi connectivity index (χ0n) is 10.8. The summed E-state index contributed by atoms with van der Waals surface area (Å²) in [7, 11) is 0. The number of halogens is 2. The Balaban J connectivity index is 2.27. The van der Waals surface area contributed by atoms with E-state index < -0.39 is 0 Å². The van der Waals surface area contributed by atoms with Crippen molar-refractivity contribution in [2.75, 3.05) is 0 Å². The van der Waals surface area contributed by atoms with Gasteiger partial charge in [-0.15, -0.1) is 0 Å². The van der Waals surface area contributed by atoms with Crippen LogP contribution in [0.4, 0.5) is 0 Å². The van der Waals surface area contributed by atoms with Crippen molar-refractivity contribution in [3.05, 3.63) is 44.7 Å². The van der Waals surface area contributed by atoms with E-state index in [1.807, 2.05) is 25.1 Å². The van der Waals surface area contributed by atoms with Crippen LogP contribution < -0.4 is 4.74 Å². The Hall–Kier alpha value is -0.940. The van der Waals surface area contributed by atoms with Crippen molar-refractivity contribution in [2.45, 2.75) is 26.7 Å². The molecule has 1 heterocycles. The molecule has 0 fully saturated rings. The van der Waals surface area contributed by atoms with Crippen molar-refractivity contribution < 1.29 is 4.74 Å². The number of hydrogen-bond donors (Lipinski definition) is 0. The molecule has 0 saturated carbocycles. The van der Waals surface area contributed by atoms with E-state index in [9.17, 15) is 0 Å². The fraction of sp³-hybridized carbons (Fsp3) is 0.286. The molecule has 0 N–H and O–H groups in total. The predicted molar refractivity (Wildman–Crippen MR) is 82.7 cm³/mol. The molecule has 19 heavy (non-hydrogen) atoms. The molecule has 0 saturated heterocycles. The Morgan fingerprint density at radius 2 is 1.95 bits per heavy atom. The Kier molecular flexibility index (Phi) is 4.93. The third-order valence-corrected chi connectivity index (χ3v) is 3.52. The van der Waals surface area contributed by atoms with Gasteiger partial charge in [0.1, 0.15) is 16.2 Å². The summed E-state index contributed by atoms with van der Waals surface area (Å²) < 4.78 is 7.46. The van der Waals surface area contributed by atoms with Crippen LogP contribution in [0.5, 0.6) is 11.6 Å². The van der Waals surface area contributed by atoms with E-state index in [4.69, 9.17) is 4.74 Å². The highest BCUT2D eigenvalue weighted by molar-refractivity contribution is 9.10. The first-order chi connectivity index (χ1) is 9.08. The number of aromatic nitrogens is 2. The van der Waals surface area contributed by atoms with Crippen LogP contribution in [-0.4, -0.2) is 9.97 Å². The Labute approximate surface area is 129 Å². The van der Waals surface area contributed by atoms with Crippen molar-refractivity contribution in [3.63, 3.8) is 0 Å². The quantitative estimate of drug-likeness (QED) is 0.690. The van der Waals surface area contributed by atoms with Crippen molar-refractivity contribution in [1.82, 2.24) is 9.97 Å². The summed E-state index contributed by atoms with van der Waals surface area (Å²) in [5.74, 6) is 2.09. The highest BCUT2D eigenvalue weighted by Gasteiger charge is 2.07. The highest BCUT2D eigenvalue weighted by Crippen LogP contribution is 2.30. The van der Waals surface area contributed by atoms with Crippen LogP contribution in [0.2, 0.25) is 0 Å². The number of aryl methyl sites for hydroxylation is 2. The lowest BCUT2D eigenvalue weighted by atomic mass is 10.2. The Morgan fingerprint density at radius 3 is 2.63 bits per heavy atom. The van der Waals surface area contributed by atoms with Crippen LogP contribution in [0.3, 0.4) is 0 Å². The standard InChI is InChI=1S/C14H14Br2N2O/c1-3-4-13-17-12(16)8-14(18-13)19-11-6-5-9(2)7-10(11)15/h5-8H,3-4H2,1-2H3. The van der Waals surface area contributed by atoms with Crippen LogP contribution in [-0.2, 0) is 6.42 Å². The first-order valence-electron chi connectivity index (χ1n) is 6.06. The summed E-state index contributed by atoms with van der Waals surface area (Å²) in [4.78, 5) is 8.71. The second-order valence-electron chi connectivity index (χ2n) is 4.23. The van der Waals surface area contributed by atoms with Gasteiger partial charge in [0.15, 0.2) is 0 Å². The number of nitrogens with zero attached hydrogens (tertiary/aromatic N) is 2. The molecule has 0 aliphatic carbocycles. The molecule has 0 radical (unpaired) electrons. The van der Waals surface area contributed by atoms with Gasteiger partial charge in [-0.2, -0.15) is 4.98 Å². The van der Waals surface area contributed by atoms with Gasteiger partial charge < -0.3 is 4.74 Å². The Morgan fingerprint density at radius 1 is 1.16 bits per heavy atom. The summed E-state index contributed by atoms with van der Waals surface area (Å²) >= 11 is 6.88. The minimum Gasteiger partial charge on any atom is -0.438 e. The largest absolute Gasteiger partial charge is 0.438 e. The van der Waals surface area contributed by atoms with E-state index in [2.05, 4.69) is 48.8 Å². The summed E-state index contributed by atoms with van der Waals surface area (Å²) in [6.45, 7) is 4.14. The maximum absolute atomic E-state index is 5.80. The molecule has 1 aromatic heterocycles. The summed E-state index contributed by atoms with van der Waals surface area (Å²) in [6.07, 6.45) is 1.84. The highest BCUT2D eigenvalue weighted by atomic mass is 79.9. The molecule has 0 amide bonds. The lowest BCUT2D eigenvalue weighted by molar-refractivity contribution is 0.454. The van der Waals surface area contributed by atoms with Gasteiger partial charge >= 0.3 is 0 Å². The second-order valence-corrected chi connectivity index (χ2v) is 5.90. The van der Waals surface area contributed by atoms with Crippen LogP contribution in [0, 0.1) is 6.92 Å². The molecule has 0 unspecified atom stereocenters. The normalized spacial score (nSPS) is 10.5. The van der Waals surface area contributed by atoms with Gasteiger partial charge in [0.05, 0.1) is 4.47 Å². The van der Waals surface area contributed by atoms with Gasteiger partial charge in [0.2, 0.25) is 5.88 Å². The fourth-order valence-corrected chi connectivity index (χ4v) is 2.61. The smallest absolute Gasteiger partial charge is 0.223 e. The third-order valence-electron chi connectivity index (χ3n) is 2.49. The number of ether oxygens (including phenoxy) is 1. The minimum atomic E-state index is 0.551. The Bertz CT molecular complexity index is 588. The van der Waals surface area contributed by atoms with Crippen LogP contribution in [0.15, 0.2) is 33.3 Å². The van der Waals surface area contributed by atoms with E-state index >= 15 is 0 Å². The van der Waals surface area contributed by atoms with Gasteiger partial charge in [-0.3, -0.25) is 0 Å². The van der Waals surface area contributed by atoms with E-state index in [1.165, 1.54) is 5.56 Å². The maximum Gasteiger partial charge on any atom is 0.223 e. The van der Waals surface area contributed by atoms with E-state index in [0.717, 1.165) is 33.5 Å². The molecule has 1 aromatic carbocycles. The molecule has 3 nitrogen and oxygen atoms in total. The van der Waals surface area contributed by atoms with Gasteiger partial charge in [0, 0.05) is 12.5 Å². The average molecular weight is 386 g/mol. The molecule has 2 aromatic rings. The van der Waals surface area contributed by atoms with Crippen molar-refractivity contribution in [2.24, 2.45) is 0 Å². The molecule has 5 heteroatoms. The molecular weight excluding hydrogens is 372 g/mol. The number of benzene rings is 1. The van der Waals surface area contributed by atoms with E-state index in [1.54, 1.807) is 6.07 Å². The number of rotatable bonds is 4. The first-order valence-corrected chi connectivity index (χ1v) is 7.64. The van der Waals surface area contributed by atoms with E-state index in [0.29, 0.717) is 5.88 Å². The fourth-order valence-electron chi connectivity index (χ4n) is 1.63. The molecule has 0 atom stereocenters. The van der Waals surface area contributed by atoms with Crippen molar-refractivity contribution >= 4 is 31.9 Å². The molecule has 0 aliphatic heterocycles. The lowest BCUT2D eigenvalue weighted by Gasteiger charge is -2.09. The molecule has 100 valence electrons. The zero-order valence-corrected chi connectivity index (χ0v) is 14.0. The van der Waals surface area contributed by atoms with Crippen LogP contribution >= 0.6 is 31.9 Å². The van der Waals surface area contributed by atoms with Gasteiger partial charge in [-0.1, -0.05) is 13.0 Å². The molecule has 2 rings (SSSR count). The summed E-state index contributed by atoms with van der Waals surface area (Å²) in [5.41, 5.74) is 1.18. The topological polar surface area (TPSA) is 35.0 Å². The zero-order chi connectivity index (χ0) is 13.8. The van der Waals surface area contributed by atoms with Crippen molar-refractivity contribution in [1.29, 1.82) is 0 Å². The predicted octanol–water partition coefficient (Wildman–Crippen LogP) is 5.05. The summed E-state index contributed by atoms with van der Waals surface area (Å²) in [6, 6.07) is 7.71. The minimum absolute atomic E-state index is 0.551. The second kappa shape index (κ2) is 6.48. The SMILES string of the molecule is CCCc1nc(Br)cc(Oc2ccc(C)cc2Br)n1. The summed E-state index contributed by atoms with van der Waals surface area (Å²) in [5, 5.41) is 0. The molecule has 0 bridgehead atoms. The molecular formula is C14H14Br2N2O. The van der Waals surface area contributed by atoms with Crippen molar-refractivity contribution in [3.8, 4) is 11.6 Å². The van der Waals surface area contributed by atoms with Crippen LogP contribution in [0.1, 0.15) is 24.7 Å². The monoisotopic (exact) mass is 384 g/mol. The molecule has 0 aliphatic rings. The molecule has 0 spiro atoms. The van der Waals surface area contributed by atoms with Gasteiger partial charge in [-0.05, 0) is 62.9 Å².